The van der Waals surface area contributed by atoms with Crippen LogP contribution in [0.2, 0.25) is 0 Å². The summed E-state index contributed by atoms with van der Waals surface area (Å²) >= 11 is 0. The van der Waals surface area contributed by atoms with Crippen LogP contribution in [0.4, 0.5) is 10.2 Å². The topological polar surface area (TPSA) is 104 Å². The van der Waals surface area contributed by atoms with Crippen LogP contribution >= 0.6 is 0 Å². The highest BCUT2D eigenvalue weighted by Gasteiger charge is 2.50. The van der Waals surface area contributed by atoms with Crippen molar-refractivity contribution in [3.05, 3.63) is 35.9 Å². The summed E-state index contributed by atoms with van der Waals surface area (Å²) in [6, 6.07) is 4.25. The number of piperidine rings is 1. The minimum absolute atomic E-state index is 0.0249. The van der Waals surface area contributed by atoms with E-state index in [0.717, 1.165) is 77.7 Å². The van der Waals surface area contributed by atoms with Gasteiger partial charge in [-0.25, -0.2) is 9.37 Å². The quantitative estimate of drug-likeness (QED) is 0.450. The second kappa shape index (κ2) is 11.5. The molecule has 1 N–H and O–H groups in total. The number of anilines is 1. The molecule has 2 amide bonds. The molecule has 2 spiro atoms. The molecule has 1 aromatic carbocycles. The molecule has 5 aliphatic rings. The Morgan fingerprint density at radius 1 is 1.11 bits per heavy atom. The van der Waals surface area contributed by atoms with Gasteiger partial charge >= 0.3 is 0 Å². The summed E-state index contributed by atoms with van der Waals surface area (Å²) in [4.78, 5) is 36.9. The van der Waals surface area contributed by atoms with Crippen LogP contribution in [0.15, 0.2) is 24.5 Å². The van der Waals surface area contributed by atoms with Gasteiger partial charge in [0.25, 0.3) is 11.8 Å². The fourth-order valence-corrected chi connectivity index (χ4v) is 8.41. The van der Waals surface area contributed by atoms with Gasteiger partial charge in [0.2, 0.25) is 5.91 Å². The molecule has 5 fully saturated rings. The zero-order chi connectivity index (χ0) is 31.4. The number of nitrogens with one attached hydrogen (secondary N) is 1. The fraction of sp³-hybridized carbons (Fsp3) is 0.676. The zero-order valence-electron chi connectivity index (χ0n) is 26.9. The van der Waals surface area contributed by atoms with E-state index < -0.39 is 5.82 Å². The number of likely N-dealkylation sites (tertiary alicyclic amines) is 1. The highest BCUT2D eigenvalue weighted by molar-refractivity contribution is 5.97. The first-order chi connectivity index (χ1) is 21.6. The summed E-state index contributed by atoms with van der Waals surface area (Å²) in [5.74, 6) is 1.31. The Morgan fingerprint density at radius 3 is 2.49 bits per heavy atom. The molecular weight excluding hydrogens is 573 g/mol. The van der Waals surface area contributed by atoms with Gasteiger partial charge in [0, 0.05) is 48.6 Å². The van der Waals surface area contributed by atoms with E-state index in [2.05, 4.69) is 44.1 Å². The third-order valence-electron chi connectivity index (χ3n) is 11.2. The first-order valence-electron chi connectivity index (χ1n) is 16.8. The van der Waals surface area contributed by atoms with Gasteiger partial charge in [0.05, 0.1) is 5.56 Å². The molecule has 4 heterocycles. The second-order valence-corrected chi connectivity index (χ2v) is 15.0. The molecule has 2 aromatic rings. The normalized spacial score (nSPS) is 27.3. The van der Waals surface area contributed by atoms with Crippen LogP contribution in [0, 0.1) is 22.6 Å². The number of nitrogens with zero attached hydrogens (tertiary/aromatic N) is 6. The molecule has 2 aliphatic carbocycles. The minimum Gasteiger partial charge on any atom is -0.434 e. The molecule has 0 radical (unpaired) electrons. The molecule has 242 valence electrons. The van der Waals surface area contributed by atoms with Crippen LogP contribution in [-0.2, 0) is 4.79 Å². The largest absolute Gasteiger partial charge is 0.434 e. The van der Waals surface area contributed by atoms with Crippen LogP contribution in [-0.4, -0.2) is 87.6 Å². The molecule has 3 saturated heterocycles. The highest BCUT2D eigenvalue weighted by atomic mass is 19.1. The van der Waals surface area contributed by atoms with Crippen molar-refractivity contribution in [1.29, 1.82) is 0 Å². The van der Waals surface area contributed by atoms with E-state index in [4.69, 9.17) is 4.74 Å². The Labute approximate surface area is 265 Å². The lowest BCUT2D eigenvalue weighted by Gasteiger charge is -2.54. The fourth-order valence-electron chi connectivity index (χ4n) is 8.41. The summed E-state index contributed by atoms with van der Waals surface area (Å²) in [7, 11) is 0. The lowest BCUT2D eigenvalue weighted by atomic mass is 9.70. The third kappa shape index (κ3) is 6.00. The number of carbonyl (C=O) groups excluding carboxylic acids is 2. The molecular formula is C34H46FN7O3. The standard InChI is InChI=1S/C34H46FN7O3/c1-4-42(25-6-7-25)30(43)26-17-24(35)5-8-27(26)45-29-28(36-22-37-39-29)41-20-33(21-41)13-15-40(16-14-33)18-23-9-11-34(12-10-23)19-32(2,3)31(44)38-34/h5,8,17,22-23,25H,4,6-7,9-16,18-21H2,1-3H3,(H,38,44). The van der Waals surface area contributed by atoms with E-state index in [1.54, 1.807) is 4.90 Å². The molecule has 0 unspecified atom stereocenters. The van der Waals surface area contributed by atoms with Gasteiger partial charge in [-0.3, -0.25) is 9.59 Å². The van der Waals surface area contributed by atoms with E-state index in [1.165, 1.54) is 37.4 Å². The maximum absolute atomic E-state index is 14.3. The van der Waals surface area contributed by atoms with Crippen molar-refractivity contribution >= 4 is 17.6 Å². The average Bonchev–Trinajstić information content (AvgIpc) is 3.81. The first kappa shape index (κ1) is 30.3. The van der Waals surface area contributed by atoms with Gasteiger partial charge in [0.15, 0.2) is 5.82 Å². The maximum atomic E-state index is 14.3. The van der Waals surface area contributed by atoms with E-state index in [-0.39, 0.29) is 51.4 Å². The number of hydrogen-bond donors (Lipinski definition) is 1. The second-order valence-electron chi connectivity index (χ2n) is 15.0. The molecule has 11 heteroatoms. The van der Waals surface area contributed by atoms with Crippen molar-refractivity contribution in [3.8, 4) is 11.6 Å². The maximum Gasteiger partial charge on any atom is 0.282 e. The first-order valence-corrected chi connectivity index (χ1v) is 16.8. The number of amides is 2. The molecule has 0 atom stereocenters. The lowest BCUT2D eigenvalue weighted by Crippen LogP contribution is -2.61. The third-order valence-corrected chi connectivity index (χ3v) is 11.2. The monoisotopic (exact) mass is 619 g/mol. The Morgan fingerprint density at radius 2 is 1.84 bits per heavy atom. The molecule has 10 nitrogen and oxygen atoms in total. The van der Waals surface area contributed by atoms with E-state index in [1.807, 2.05) is 6.92 Å². The number of aromatic nitrogens is 3. The number of ether oxygens (including phenoxy) is 1. The van der Waals surface area contributed by atoms with Crippen molar-refractivity contribution in [2.24, 2.45) is 16.7 Å². The zero-order valence-corrected chi connectivity index (χ0v) is 26.9. The SMILES string of the molecule is CCN(C(=O)c1cc(F)ccc1Oc1nncnc1N1CC2(CCN(CC3CCC4(CC3)CC(C)(C)C(=O)N4)CC2)C1)C1CC1. The van der Waals surface area contributed by atoms with Crippen molar-refractivity contribution in [2.45, 2.75) is 90.1 Å². The summed E-state index contributed by atoms with van der Waals surface area (Å²) in [5, 5.41) is 11.5. The summed E-state index contributed by atoms with van der Waals surface area (Å²) in [6.45, 7) is 11.7. The lowest BCUT2D eigenvalue weighted by molar-refractivity contribution is -0.126. The number of carbonyl (C=O) groups is 2. The van der Waals surface area contributed by atoms with Crippen molar-refractivity contribution in [3.63, 3.8) is 0 Å². The van der Waals surface area contributed by atoms with Crippen molar-refractivity contribution in [1.82, 2.24) is 30.3 Å². The summed E-state index contributed by atoms with van der Waals surface area (Å²) < 4.78 is 20.4. The molecule has 3 aliphatic heterocycles. The molecule has 0 bridgehead atoms. The van der Waals surface area contributed by atoms with Gasteiger partial charge in [-0.1, -0.05) is 13.8 Å². The highest BCUT2D eigenvalue weighted by Crippen LogP contribution is 2.47. The average molecular weight is 620 g/mol. The molecule has 2 saturated carbocycles. The molecule has 45 heavy (non-hydrogen) atoms. The predicted molar refractivity (Wildman–Crippen MR) is 168 cm³/mol. The smallest absolute Gasteiger partial charge is 0.282 e. The number of halogens is 1. The van der Waals surface area contributed by atoms with Crippen LogP contribution < -0.4 is 15.0 Å². The van der Waals surface area contributed by atoms with Crippen LogP contribution in [0.5, 0.6) is 11.6 Å². The predicted octanol–water partition coefficient (Wildman–Crippen LogP) is 4.80. The van der Waals surface area contributed by atoms with Crippen LogP contribution in [0.1, 0.15) is 88.9 Å². The van der Waals surface area contributed by atoms with Crippen molar-refractivity contribution in [2.75, 3.05) is 44.2 Å². The van der Waals surface area contributed by atoms with E-state index in [0.29, 0.717) is 18.3 Å². The van der Waals surface area contributed by atoms with Crippen LogP contribution in [0.25, 0.3) is 0 Å². The van der Waals surface area contributed by atoms with Gasteiger partial charge in [0.1, 0.15) is 17.9 Å². The number of hydrogen-bond acceptors (Lipinski definition) is 8. The molecule has 1 aromatic heterocycles. The van der Waals surface area contributed by atoms with Crippen molar-refractivity contribution < 1.29 is 18.7 Å². The van der Waals surface area contributed by atoms with E-state index in [9.17, 15) is 14.0 Å². The van der Waals surface area contributed by atoms with Gasteiger partial charge in [-0.05, 0) is 102 Å². The van der Waals surface area contributed by atoms with E-state index >= 15 is 0 Å². The number of benzene rings is 1. The minimum atomic E-state index is -0.482. The van der Waals surface area contributed by atoms with Gasteiger partial charge < -0.3 is 24.8 Å². The van der Waals surface area contributed by atoms with Crippen LogP contribution in [0.3, 0.4) is 0 Å². The Balaban J connectivity index is 0.939. The van der Waals surface area contributed by atoms with Gasteiger partial charge in [-0.15, -0.1) is 10.2 Å². The number of rotatable bonds is 8. The summed E-state index contributed by atoms with van der Waals surface area (Å²) in [6.07, 6.45) is 11.2. The summed E-state index contributed by atoms with van der Waals surface area (Å²) in [5.41, 5.74) is 0.224. The molecule has 7 rings (SSSR count). The Hall–Kier alpha value is -3.34. The van der Waals surface area contributed by atoms with Gasteiger partial charge in [-0.2, -0.15) is 0 Å². The Kier molecular flexibility index (Phi) is 7.73. The Bertz CT molecular complexity index is 1440.